The summed E-state index contributed by atoms with van der Waals surface area (Å²) < 4.78 is 7.30. The van der Waals surface area contributed by atoms with Crippen LogP contribution in [0.3, 0.4) is 0 Å². The van der Waals surface area contributed by atoms with Crippen LogP contribution in [-0.2, 0) is 0 Å². The summed E-state index contributed by atoms with van der Waals surface area (Å²) in [6.07, 6.45) is 0. The van der Waals surface area contributed by atoms with Gasteiger partial charge < -0.3 is 4.42 Å². The lowest BCUT2D eigenvalue weighted by Gasteiger charge is -2.07. The van der Waals surface area contributed by atoms with Gasteiger partial charge >= 0.3 is 0 Å². The molecule has 3 nitrogen and oxygen atoms in total. The first kappa shape index (κ1) is 15.3. The molecule has 0 bridgehead atoms. The predicted octanol–water partition coefficient (Wildman–Crippen LogP) is 5.84. The second-order valence-electron chi connectivity index (χ2n) is 6.53. The lowest BCUT2D eigenvalue weighted by atomic mass is 10.0. The van der Waals surface area contributed by atoms with Crippen molar-refractivity contribution in [3.8, 4) is 10.6 Å². The number of aromatic nitrogens is 1. The zero-order chi connectivity index (χ0) is 17.8. The molecule has 4 heteroatoms. The Morgan fingerprint density at radius 1 is 0.962 bits per heavy atom. The maximum absolute atomic E-state index is 13.0. The van der Waals surface area contributed by atoms with Crippen LogP contribution in [0.15, 0.2) is 63.8 Å². The van der Waals surface area contributed by atoms with Gasteiger partial charge in [-0.2, -0.15) is 0 Å². The van der Waals surface area contributed by atoms with Crippen LogP contribution in [0.2, 0.25) is 0 Å². The van der Waals surface area contributed by atoms with Crippen LogP contribution in [0.5, 0.6) is 0 Å². The van der Waals surface area contributed by atoms with Crippen LogP contribution in [0.4, 0.5) is 0 Å². The molecule has 2 aromatic heterocycles. The highest BCUT2D eigenvalue weighted by molar-refractivity contribution is 7.21. The van der Waals surface area contributed by atoms with E-state index in [1.807, 2.05) is 62.4 Å². The van der Waals surface area contributed by atoms with Crippen molar-refractivity contribution in [3.63, 3.8) is 0 Å². The Morgan fingerprint density at radius 2 is 1.77 bits per heavy atom. The van der Waals surface area contributed by atoms with Gasteiger partial charge in [-0.05, 0) is 49.2 Å². The fraction of sp³-hybridized carbons (Fsp3) is 0.0909. The Hall–Kier alpha value is -2.98. The van der Waals surface area contributed by atoms with Crippen molar-refractivity contribution in [3.05, 3.63) is 75.9 Å². The zero-order valence-electron chi connectivity index (χ0n) is 14.4. The molecule has 0 atom stereocenters. The topological polar surface area (TPSA) is 43.1 Å². The molecular formula is C22H15NO2S. The van der Waals surface area contributed by atoms with E-state index in [4.69, 9.17) is 9.40 Å². The SMILES string of the molecule is Cc1ccc(C)c2c(=O)c3ccc(-c4nc5ccccc5s4)cc3oc12. The van der Waals surface area contributed by atoms with Gasteiger partial charge in [0.1, 0.15) is 16.2 Å². The molecule has 0 fully saturated rings. The predicted molar refractivity (Wildman–Crippen MR) is 108 cm³/mol. The molecule has 0 radical (unpaired) electrons. The summed E-state index contributed by atoms with van der Waals surface area (Å²) >= 11 is 1.64. The van der Waals surface area contributed by atoms with Gasteiger partial charge in [0.25, 0.3) is 0 Å². The van der Waals surface area contributed by atoms with Crippen LogP contribution in [0.1, 0.15) is 11.1 Å². The summed E-state index contributed by atoms with van der Waals surface area (Å²) in [5, 5.41) is 2.21. The van der Waals surface area contributed by atoms with Crippen molar-refractivity contribution in [2.75, 3.05) is 0 Å². The number of aryl methyl sites for hydroxylation is 2. The minimum absolute atomic E-state index is 0.0262. The standard InChI is InChI=1S/C22H15NO2S/c1-12-7-8-13(2)21-19(12)20(24)15-10-9-14(11-17(15)25-21)22-23-16-5-3-4-6-18(16)26-22/h3-11H,1-2H3. The van der Waals surface area contributed by atoms with E-state index in [-0.39, 0.29) is 5.43 Å². The summed E-state index contributed by atoms with van der Waals surface area (Å²) in [6.45, 7) is 3.91. The molecule has 0 amide bonds. The largest absolute Gasteiger partial charge is 0.456 e. The van der Waals surface area contributed by atoms with Gasteiger partial charge in [0.15, 0.2) is 0 Å². The third-order valence-corrected chi connectivity index (χ3v) is 5.85. The van der Waals surface area contributed by atoms with Crippen LogP contribution in [0.25, 0.3) is 42.7 Å². The Labute approximate surface area is 153 Å². The molecule has 2 heterocycles. The molecule has 0 aliphatic heterocycles. The highest BCUT2D eigenvalue weighted by Gasteiger charge is 2.14. The van der Waals surface area contributed by atoms with Crippen molar-refractivity contribution in [1.29, 1.82) is 0 Å². The van der Waals surface area contributed by atoms with E-state index in [9.17, 15) is 4.79 Å². The van der Waals surface area contributed by atoms with Gasteiger partial charge in [0.2, 0.25) is 5.43 Å². The molecular weight excluding hydrogens is 342 g/mol. The van der Waals surface area contributed by atoms with Crippen LogP contribution in [0, 0.1) is 13.8 Å². The lowest BCUT2D eigenvalue weighted by Crippen LogP contribution is -2.04. The van der Waals surface area contributed by atoms with Gasteiger partial charge in [0.05, 0.1) is 21.0 Å². The minimum atomic E-state index is 0.0262. The highest BCUT2D eigenvalue weighted by Crippen LogP contribution is 2.32. The molecule has 0 saturated heterocycles. The molecule has 0 unspecified atom stereocenters. The van der Waals surface area contributed by atoms with Gasteiger partial charge in [-0.15, -0.1) is 11.3 Å². The minimum Gasteiger partial charge on any atom is -0.456 e. The van der Waals surface area contributed by atoms with E-state index >= 15 is 0 Å². The number of hydrogen-bond acceptors (Lipinski definition) is 4. The van der Waals surface area contributed by atoms with E-state index in [0.717, 1.165) is 31.9 Å². The number of para-hydroxylation sites is 1. The monoisotopic (exact) mass is 357 g/mol. The zero-order valence-corrected chi connectivity index (χ0v) is 15.2. The van der Waals surface area contributed by atoms with Gasteiger partial charge in [-0.25, -0.2) is 4.98 Å². The third kappa shape index (κ3) is 2.19. The number of nitrogens with zero attached hydrogens (tertiary/aromatic N) is 1. The van der Waals surface area contributed by atoms with Crippen molar-refractivity contribution in [2.45, 2.75) is 13.8 Å². The Balaban J connectivity index is 1.81. The van der Waals surface area contributed by atoms with E-state index in [0.29, 0.717) is 21.9 Å². The Bertz CT molecular complexity index is 1350. The second-order valence-corrected chi connectivity index (χ2v) is 7.56. The molecule has 0 aliphatic rings. The van der Waals surface area contributed by atoms with Gasteiger partial charge in [-0.1, -0.05) is 30.3 Å². The lowest BCUT2D eigenvalue weighted by molar-refractivity contribution is 0.656. The third-order valence-electron chi connectivity index (χ3n) is 4.77. The van der Waals surface area contributed by atoms with Crippen molar-refractivity contribution < 1.29 is 4.42 Å². The summed E-state index contributed by atoms with van der Waals surface area (Å²) in [6, 6.07) is 17.8. The van der Waals surface area contributed by atoms with Crippen molar-refractivity contribution >= 4 is 43.5 Å². The number of rotatable bonds is 1. The quantitative estimate of drug-likeness (QED) is 0.354. The highest BCUT2D eigenvalue weighted by atomic mass is 32.1. The number of fused-ring (bicyclic) bond motifs is 3. The maximum atomic E-state index is 13.0. The summed E-state index contributed by atoms with van der Waals surface area (Å²) in [5.41, 5.74) is 5.16. The first-order chi connectivity index (χ1) is 12.6. The molecule has 5 aromatic rings. The number of benzene rings is 3. The number of hydrogen-bond donors (Lipinski definition) is 0. The molecule has 0 spiro atoms. The first-order valence-corrected chi connectivity index (χ1v) is 9.26. The fourth-order valence-electron chi connectivity index (χ4n) is 3.37. The van der Waals surface area contributed by atoms with E-state index in [1.54, 1.807) is 11.3 Å². The van der Waals surface area contributed by atoms with Crippen molar-refractivity contribution in [1.82, 2.24) is 4.98 Å². The first-order valence-electron chi connectivity index (χ1n) is 8.44. The molecule has 26 heavy (non-hydrogen) atoms. The van der Waals surface area contributed by atoms with Crippen LogP contribution < -0.4 is 5.43 Å². The van der Waals surface area contributed by atoms with Gasteiger partial charge in [-0.3, -0.25) is 4.79 Å². The second kappa shape index (κ2) is 5.51. The molecule has 0 aliphatic carbocycles. The molecule has 126 valence electrons. The number of thiazole rings is 1. The van der Waals surface area contributed by atoms with Crippen molar-refractivity contribution in [2.24, 2.45) is 0 Å². The van der Waals surface area contributed by atoms with E-state index in [1.165, 1.54) is 0 Å². The molecule has 5 rings (SSSR count). The molecule has 0 N–H and O–H groups in total. The maximum Gasteiger partial charge on any atom is 0.200 e. The normalized spacial score (nSPS) is 11.6. The van der Waals surface area contributed by atoms with Gasteiger partial charge in [0, 0.05) is 5.56 Å². The Morgan fingerprint density at radius 3 is 2.62 bits per heavy atom. The average Bonchev–Trinajstić information content (AvgIpc) is 3.08. The Kier molecular flexibility index (Phi) is 3.24. The van der Waals surface area contributed by atoms with E-state index in [2.05, 4.69) is 6.07 Å². The van der Waals surface area contributed by atoms with Crippen LogP contribution >= 0.6 is 11.3 Å². The summed E-state index contributed by atoms with van der Waals surface area (Å²) in [4.78, 5) is 17.7. The van der Waals surface area contributed by atoms with E-state index < -0.39 is 0 Å². The molecule has 3 aromatic carbocycles. The summed E-state index contributed by atoms with van der Waals surface area (Å²) in [7, 11) is 0. The summed E-state index contributed by atoms with van der Waals surface area (Å²) in [5.74, 6) is 0. The smallest absolute Gasteiger partial charge is 0.200 e. The average molecular weight is 357 g/mol. The molecule has 0 saturated carbocycles. The van der Waals surface area contributed by atoms with Crippen LogP contribution in [-0.4, -0.2) is 4.98 Å². The fourth-order valence-corrected chi connectivity index (χ4v) is 4.33.